The summed E-state index contributed by atoms with van der Waals surface area (Å²) in [5.41, 5.74) is 3.26. The number of ketones is 2. The van der Waals surface area contributed by atoms with Gasteiger partial charge >= 0.3 is 0 Å². The average molecular weight is 424 g/mol. The second-order valence-corrected chi connectivity index (χ2v) is 7.96. The number of nitrogens with one attached hydrogen (secondary N) is 2. The van der Waals surface area contributed by atoms with Gasteiger partial charge in [0.1, 0.15) is 5.92 Å². The largest absolute Gasteiger partial charge is 0.361 e. The third-order valence-electron chi connectivity index (χ3n) is 6.12. The van der Waals surface area contributed by atoms with Gasteiger partial charge in [0, 0.05) is 40.8 Å². The minimum Gasteiger partial charge on any atom is -0.361 e. The van der Waals surface area contributed by atoms with Gasteiger partial charge in [-0.05, 0) is 24.1 Å². The zero-order chi connectivity index (χ0) is 22.1. The number of fused-ring (bicyclic) bond motifs is 1. The Balaban J connectivity index is 1.50. The molecular formula is C26H22N3O3+. The van der Waals surface area contributed by atoms with Crippen LogP contribution >= 0.6 is 0 Å². The maximum Gasteiger partial charge on any atom is 0.291 e. The fourth-order valence-electron chi connectivity index (χ4n) is 4.55. The predicted octanol–water partition coefficient (Wildman–Crippen LogP) is 3.18. The van der Waals surface area contributed by atoms with Gasteiger partial charge in [0.2, 0.25) is 5.78 Å². The summed E-state index contributed by atoms with van der Waals surface area (Å²) in [5.74, 6) is -2.64. The number of para-hydroxylation sites is 1. The third kappa shape index (κ3) is 3.39. The van der Waals surface area contributed by atoms with E-state index in [9.17, 15) is 14.4 Å². The summed E-state index contributed by atoms with van der Waals surface area (Å²) in [6.07, 6.45) is 6.01. The van der Waals surface area contributed by atoms with Gasteiger partial charge in [0.05, 0.1) is 6.04 Å². The summed E-state index contributed by atoms with van der Waals surface area (Å²) >= 11 is 0. The van der Waals surface area contributed by atoms with Gasteiger partial charge in [-0.3, -0.25) is 14.4 Å². The van der Waals surface area contributed by atoms with Gasteiger partial charge in [-0.2, -0.15) is 0 Å². The van der Waals surface area contributed by atoms with Gasteiger partial charge in [-0.15, -0.1) is 0 Å². The molecule has 2 aromatic heterocycles. The van der Waals surface area contributed by atoms with E-state index >= 15 is 0 Å². The molecule has 1 fully saturated rings. The number of hydrogen-bond acceptors (Lipinski definition) is 3. The van der Waals surface area contributed by atoms with E-state index in [0.717, 1.165) is 22.0 Å². The van der Waals surface area contributed by atoms with Crippen LogP contribution < -0.4 is 4.98 Å². The smallest absolute Gasteiger partial charge is 0.291 e. The lowest BCUT2D eigenvalue weighted by molar-refractivity contribution is -0.379. The van der Waals surface area contributed by atoms with E-state index in [1.54, 1.807) is 41.6 Å². The number of Topliss-reactive ketones (excluding diaryl/α,β-unsaturated/α-hetero) is 2. The fraction of sp³-hybridized carbons (Fsp3) is 0.154. The average Bonchev–Trinajstić information content (AvgIpc) is 3.37. The van der Waals surface area contributed by atoms with E-state index in [1.807, 2.05) is 48.7 Å². The number of H-pyrrole nitrogens is 2. The summed E-state index contributed by atoms with van der Waals surface area (Å²) in [6.45, 7) is 0.338. The Bertz CT molecular complexity index is 1300. The Kier molecular flexibility index (Phi) is 5.11. The zero-order valence-corrected chi connectivity index (χ0v) is 17.3. The number of likely N-dealkylation sites (tertiary alicyclic amines) is 1. The molecule has 0 aliphatic carbocycles. The number of amides is 1. The molecular weight excluding hydrogens is 402 g/mol. The number of benzene rings is 2. The zero-order valence-electron chi connectivity index (χ0n) is 17.3. The summed E-state index contributed by atoms with van der Waals surface area (Å²) in [4.78, 5) is 47.3. The first-order chi connectivity index (χ1) is 15.6. The van der Waals surface area contributed by atoms with Crippen molar-refractivity contribution in [1.29, 1.82) is 0 Å². The van der Waals surface area contributed by atoms with Crippen molar-refractivity contribution in [2.24, 2.45) is 5.92 Å². The van der Waals surface area contributed by atoms with E-state index in [1.165, 1.54) is 0 Å². The first-order valence-corrected chi connectivity index (χ1v) is 10.6. The van der Waals surface area contributed by atoms with E-state index < -0.39 is 23.7 Å². The van der Waals surface area contributed by atoms with Gasteiger partial charge in [0.15, 0.2) is 18.2 Å². The molecule has 0 bridgehead atoms. The van der Waals surface area contributed by atoms with Crippen LogP contribution in [-0.4, -0.2) is 33.9 Å². The Labute approximate surface area is 184 Å². The lowest BCUT2D eigenvalue weighted by atomic mass is 9.87. The summed E-state index contributed by atoms with van der Waals surface area (Å²) in [6, 6.07) is 19.7. The Morgan fingerprint density at radius 3 is 2.53 bits per heavy atom. The van der Waals surface area contributed by atoms with Crippen LogP contribution in [0.4, 0.5) is 0 Å². The lowest BCUT2D eigenvalue weighted by Gasteiger charge is -2.26. The minimum atomic E-state index is -1.07. The van der Waals surface area contributed by atoms with Crippen LogP contribution in [0.15, 0.2) is 85.3 Å². The normalized spacial score (nSPS) is 18.4. The van der Waals surface area contributed by atoms with Crippen LogP contribution in [0.1, 0.15) is 27.5 Å². The first kappa shape index (κ1) is 19.9. The lowest BCUT2D eigenvalue weighted by Crippen LogP contribution is -2.33. The van der Waals surface area contributed by atoms with Crippen LogP contribution in [-0.2, 0) is 16.0 Å². The highest BCUT2D eigenvalue weighted by Gasteiger charge is 2.51. The predicted molar refractivity (Wildman–Crippen MR) is 119 cm³/mol. The molecule has 0 radical (unpaired) electrons. The number of aromatic nitrogens is 2. The van der Waals surface area contributed by atoms with E-state index in [0.29, 0.717) is 18.5 Å². The highest BCUT2D eigenvalue weighted by Crippen LogP contribution is 2.38. The van der Waals surface area contributed by atoms with Crippen molar-refractivity contribution in [2.45, 2.75) is 12.5 Å². The monoisotopic (exact) mass is 424 g/mol. The molecule has 32 heavy (non-hydrogen) atoms. The van der Waals surface area contributed by atoms with Gasteiger partial charge < -0.3 is 9.88 Å². The molecule has 158 valence electrons. The van der Waals surface area contributed by atoms with Crippen LogP contribution in [0.25, 0.3) is 10.9 Å². The molecule has 6 nitrogen and oxygen atoms in total. The summed E-state index contributed by atoms with van der Waals surface area (Å²) in [7, 11) is 0. The molecule has 3 heterocycles. The maximum atomic E-state index is 13.3. The molecule has 1 amide bonds. The molecule has 2 unspecified atom stereocenters. The van der Waals surface area contributed by atoms with Crippen LogP contribution in [0.2, 0.25) is 0 Å². The molecule has 5 rings (SSSR count). The van der Waals surface area contributed by atoms with Crippen molar-refractivity contribution in [3.63, 3.8) is 0 Å². The highest BCUT2D eigenvalue weighted by atomic mass is 16.2. The Morgan fingerprint density at radius 1 is 0.969 bits per heavy atom. The molecule has 6 heteroatoms. The third-order valence-corrected chi connectivity index (χ3v) is 6.12. The first-order valence-electron chi connectivity index (χ1n) is 10.6. The SMILES string of the molecule is O=C1C(=O)N(CCc2c[nH]c3ccccc23)C(c2ccc[nH+]c2)C1C(=O)c1ccccc1. The van der Waals surface area contributed by atoms with Crippen molar-refractivity contribution in [3.05, 3.63) is 102 Å². The quantitative estimate of drug-likeness (QED) is 0.293. The van der Waals surface area contributed by atoms with Crippen molar-refractivity contribution < 1.29 is 19.4 Å². The fourth-order valence-corrected chi connectivity index (χ4v) is 4.55. The number of nitrogens with zero attached hydrogens (tertiary/aromatic N) is 1. The van der Waals surface area contributed by atoms with Crippen molar-refractivity contribution in [1.82, 2.24) is 9.88 Å². The topological polar surface area (TPSA) is 84.4 Å². The molecule has 0 spiro atoms. The molecule has 1 aliphatic heterocycles. The van der Waals surface area contributed by atoms with Crippen molar-refractivity contribution >= 4 is 28.4 Å². The second-order valence-electron chi connectivity index (χ2n) is 7.96. The summed E-state index contributed by atoms with van der Waals surface area (Å²) < 4.78 is 0. The molecule has 4 aromatic rings. The standard InChI is InChI=1S/C26H21N3O3/c30-24(17-7-2-1-3-8-17)22-23(19-9-6-13-27-15-19)29(26(32)25(22)31)14-12-18-16-28-21-11-5-4-10-20(18)21/h1-11,13,15-16,22-23,28H,12,14H2/p+1. The van der Waals surface area contributed by atoms with Gasteiger partial charge in [0.25, 0.3) is 5.91 Å². The van der Waals surface area contributed by atoms with Crippen LogP contribution in [0, 0.1) is 5.92 Å². The Morgan fingerprint density at radius 2 is 1.75 bits per heavy atom. The molecule has 2 N–H and O–H groups in total. The van der Waals surface area contributed by atoms with Gasteiger partial charge in [-0.25, -0.2) is 4.98 Å². The number of carbonyl (C=O) groups is 3. The minimum absolute atomic E-state index is 0.326. The van der Waals surface area contributed by atoms with Crippen molar-refractivity contribution in [3.8, 4) is 0 Å². The molecule has 1 saturated heterocycles. The number of rotatable bonds is 6. The highest BCUT2D eigenvalue weighted by molar-refractivity contribution is 6.44. The van der Waals surface area contributed by atoms with Crippen LogP contribution in [0.5, 0.6) is 0 Å². The molecule has 2 atom stereocenters. The molecule has 2 aromatic carbocycles. The maximum absolute atomic E-state index is 13.3. The Hall–Kier alpha value is -4.06. The van der Waals surface area contributed by atoms with Gasteiger partial charge in [-0.1, -0.05) is 48.5 Å². The molecule has 1 aliphatic rings. The van der Waals surface area contributed by atoms with E-state index in [4.69, 9.17) is 0 Å². The van der Waals surface area contributed by atoms with E-state index in [-0.39, 0.29) is 5.78 Å². The number of hydrogen-bond donors (Lipinski definition) is 1. The number of carbonyl (C=O) groups excluding carboxylic acids is 3. The van der Waals surface area contributed by atoms with Crippen molar-refractivity contribution in [2.75, 3.05) is 6.54 Å². The van der Waals surface area contributed by atoms with E-state index in [2.05, 4.69) is 9.97 Å². The summed E-state index contributed by atoms with van der Waals surface area (Å²) in [5, 5.41) is 1.09. The number of aromatic amines is 2. The van der Waals surface area contributed by atoms with Crippen LogP contribution in [0.3, 0.4) is 0 Å². The number of pyridine rings is 1. The molecule has 0 saturated carbocycles. The second kappa shape index (κ2) is 8.23.